The number of hydrogen-bond acceptors (Lipinski definition) is 2. The lowest BCUT2D eigenvalue weighted by atomic mass is 10.0. The minimum absolute atomic E-state index is 0.801. The molecule has 1 aromatic rings. The second-order valence-electron chi connectivity index (χ2n) is 4.40. The van der Waals surface area contributed by atoms with Crippen molar-refractivity contribution >= 4 is 11.3 Å². The van der Waals surface area contributed by atoms with Crippen molar-refractivity contribution in [3.8, 4) is 0 Å². The predicted octanol–water partition coefficient (Wildman–Crippen LogP) is 3.88. The third-order valence-electron chi connectivity index (χ3n) is 2.99. The molecule has 0 radical (unpaired) electrons. The standard InChI is InChI=1S/C14H25NS/c1-4-9-15-11-12(5-2)10-14-8-7-13(6-3)16-14/h7-8,12,15H,4-6,9-11H2,1-3H3. The number of aryl methyl sites for hydroxylation is 1. The monoisotopic (exact) mass is 239 g/mol. The lowest BCUT2D eigenvalue weighted by molar-refractivity contribution is 0.463. The smallest absolute Gasteiger partial charge is 0.00514 e. The molecular formula is C14H25NS. The summed E-state index contributed by atoms with van der Waals surface area (Å²) in [5.74, 6) is 0.801. The van der Waals surface area contributed by atoms with Crippen LogP contribution in [0, 0.1) is 5.92 Å². The van der Waals surface area contributed by atoms with Gasteiger partial charge in [0.05, 0.1) is 0 Å². The molecular weight excluding hydrogens is 214 g/mol. The number of thiophene rings is 1. The molecule has 2 heteroatoms. The van der Waals surface area contributed by atoms with Gasteiger partial charge in [0, 0.05) is 9.75 Å². The molecule has 92 valence electrons. The number of hydrogen-bond donors (Lipinski definition) is 1. The molecule has 1 heterocycles. The SMILES string of the molecule is CCCNCC(CC)Cc1ccc(CC)s1. The molecule has 0 aliphatic carbocycles. The van der Waals surface area contributed by atoms with Crippen LogP contribution >= 0.6 is 11.3 Å². The molecule has 1 N–H and O–H groups in total. The predicted molar refractivity (Wildman–Crippen MR) is 74.3 cm³/mol. The highest BCUT2D eigenvalue weighted by Gasteiger charge is 2.08. The highest BCUT2D eigenvalue weighted by molar-refractivity contribution is 7.11. The first-order valence-electron chi connectivity index (χ1n) is 6.58. The van der Waals surface area contributed by atoms with Crippen LogP contribution in [-0.4, -0.2) is 13.1 Å². The Balaban J connectivity index is 2.36. The Kier molecular flexibility index (Phi) is 6.74. The summed E-state index contributed by atoms with van der Waals surface area (Å²) in [6.45, 7) is 9.08. The van der Waals surface area contributed by atoms with Crippen molar-refractivity contribution in [2.75, 3.05) is 13.1 Å². The van der Waals surface area contributed by atoms with E-state index in [-0.39, 0.29) is 0 Å². The second-order valence-corrected chi connectivity index (χ2v) is 5.66. The van der Waals surface area contributed by atoms with Gasteiger partial charge in [-0.15, -0.1) is 11.3 Å². The van der Waals surface area contributed by atoms with Gasteiger partial charge in [0.2, 0.25) is 0 Å². The highest BCUT2D eigenvalue weighted by atomic mass is 32.1. The first-order chi connectivity index (χ1) is 7.80. The first-order valence-corrected chi connectivity index (χ1v) is 7.40. The Morgan fingerprint density at radius 3 is 2.50 bits per heavy atom. The fourth-order valence-corrected chi connectivity index (χ4v) is 2.92. The normalized spacial score (nSPS) is 12.9. The lowest BCUT2D eigenvalue weighted by Crippen LogP contribution is -2.24. The van der Waals surface area contributed by atoms with Gasteiger partial charge in [-0.25, -0.2) is 0 Å². The second kappa shape index (κ2) is 7.86. The fraction of sp³-hybridized carbons (Fsp3) is 0.714. The molecule has 0 aromatic carbocycles. The average molecular weight is 239 g/mol. The highest BCUT2D eigenvalue weighted by Crippen LogP contribution is 2.21. The van der Waals surface area contributed by atoms with Crippen LogP contribution in [0.25, 0.3) is 0 Å². The van der Waals surface area contributed by atoms with E-state index in [4.69, 9.17) is 0 Å². The van der Waals surface area contributed by atoms with Crippen LogP contribution in [0.15, 0.2) is 12.1 Å². The van der Waals surface area contributed by atoms with Crippen LogP contribution in [0.2, 0.25) is 0 Å². The van der Waals surface area contributed by atoms with Crippen LogP contribution in [0.1, 0.15) is 43.4 Å². The average Bonchev–Trinajstić information content (AvgIpc) is 2.75. The summed E-state index contributed by atoms with van der Waals surface area (Å²) in [6, 6.07) is 4.60. The van der Waals surface area contributed by atoms with Gasteiger partial charge in [0.15, 0.2) is 0 Å². The quantitative estimate of drug-likeness (QED) is 0.679. The van der Waals surface area contributed by atoms with Gasteiger partial charge < -0.3 is 5.32 Å². The zero-order valence-corrected chi connectivity index (χ0v) is 11.7. The summed E-state index contributed by atoms with van der Waals surface area (Å²) in [4.78, 5) is 3.08. The van der Waals surface area contributed by atoms with Gasteiger partial charge in [-0.1, -0.05) is 27.2 Å². The van der Waals surface area contributed by atoms with Crippen molar-refractivity contribution in [3.63, 3.8) is 0 Å². The van der Waals surface area contributed by atoms with Gasteiger partial charge in [-0.05, 0) is 50.4 Å². The van der Waals surface area contributed by atoms with Crippen molar-refractivity contribution in [1.82, 2.24) is 5.32 Å². The molecule has 1 aromatic heterocycles. The van der Waals surface area contributed by atoms with E-state index in [9.17, 15) is 0 Å². The molecule has 0 aliphatic rings. The minimum Gasteiger partial charge on any atom is -0.316 e. The van der Waals surface area contributed by atoms with Gasteiger partial charge >= 0.3 is 0 Å². The van der Waals surface area contributed by atoms with E-state index in [0.717, 1.165) is 12.5 Å². The van der Waals surface area contributed by atoms with Crippen molar-refractivity contribution in [2.45, 2.75) is 46.5 Å². The summed E-state index contributed by atoms with van der Waals surface area (Å²) in [6.07, 6.45) is 4.93. The topological polar surface area (TPSA) is 12.0 Å². The van der Waals surface area contributed by atoms with E-state index >= 15 is 0 Å². The number of nitrogens with one attached hydrogen (secondary N) is 1. The van der Waals surface area contributed by atoms with Crippen molar-refractivity contribution in [1.29, 1.82) is 0 Å². The van der Waals surface area contributed by atoms with E-state index in [1.165, 1.54) is 37.1 Å². The largest absolute Gasteiger partial charge is 0.316 e. The van der Waals surface area contributed by atoms with Crippen LogP contribution in [0.3, 0.4) is 0 Å². The zero-order chi connectivity index (χ0) is 11.8. The molecule has 1 atom stereocenters. The van der Waals surface area contributed by atoms with Gasteiger partial charge in [0.1, 0.15) is 0 Å². The summed E-state index contributed by atoms with van der Waals surface area (Å²) < 4.78 is 0. The molecule has 1 nitrogen and oxygen atoms in total. The molecule has 0 amide bonds. The Morgan fingerprint density at radius 2 is 1.94 bits per heavy atom. The molecule has 0 bridgehead atoms. The Hall–Kier alpha value is -0.340. The lowest BCUT2D eigenvalue weighted by Gasteiger charge is -2.14. The summed E-state index contributed by atoms with van der Waals surface area (Å²) in [7, 11) is 0. The Morgan fingerprint density at radius 1 is 1.19 bits per heavy atom. The maximum Gasteiger partial charge on any atom is 0.00514 e. The molecule has 0 saturated heterocycles. The minimum atomic E-state index is 0.801. The van der Waals surface area contributed by atoms with Gasteiger partial charge in [-0.2, -0.15) is 0 Å². The van der Waals surface area contributed by atoms with Gasteiger partial charge in [-0.3, -0.25) is 0 Å². The molecule has 1 rings (SSSR count). The maximum atomic E-state index is 3.53. The van der Waals surface area contributed by atoms with E-state index < -0.39 is 0 Å². The molecule has 0 aliphatic heterocycles. The third kappa shape index (κ3) is 4.67. The Bertz CT molecular complexity index is 280. The zero-order valence-electron chi connectivity index (χ0n) is 10.9. The molecule has 0 spiro atoms. The molecule has 0 fully saturated rings. The van der Waals surface area contributed by atoms with Crippen molar-refractivity contribution in [2.24, 2.45) is 5.92 Å². The van der Waals surface area contributed by atoms with E-state index in [1.807, 2.05) is 11.3 Å². The van der Waals surface area contributed by atoms with Crippen LogP contribution in [-0.2, 0) is 12.8 Å². The van der Waals surface area contributed by atoms with Crippen LogP contribution < -0.4 is 5.32 Å². The third-order valence-corrected chi connectivity index (χ3v) is 4.24. The van der Waals surface area contributed by atoms with E-state index in [0.29, 0.717) is 0 Å². The van der Waals surface area contributed by atoms with Crippen LogP contribution in [0.4, 0.5) is 0 Å². The number of rotatable bonds is 8. The summed E-state index contributed by atoms with van der Waals surface area (Å²) in [5, 5.41) is 3.53. The fourth-order valence-electron chi connectivity index (χ4n) is 1.85. The Labute approximate surface area is 104 Å². The van der Waals surface area contributed by atoms with Gasteiger partial charge in [0.25, 0.3) is 0 Å². The summed E-state index contributed by atoms with van der Waals surface area (Å²) in [5.41, 5.74) is 0. The van der Waals surface area contributed by atoms with E-state index in [1.54, 1.807) is 4.88 Å². The molecule has 0 saturated carbocycles. The molecule has 1 unspecified atom stereocenters. The van der Waals surface area contributed by atoms with E-state index in [2.05, 4.69) is 38.2 Å². The summed E-state index contributed by atoms with van der Waals surface area (Å²) >= 11 is 1.99. The van der Waals surface area contributed by atoms with Crippen molar-refractivity contribution < 1.29 is 0 Å². The van der Waals surface area contributed by atoms with Crippen LogP contribution in [0.5, 0.6) is 0 Å². The molecule has 16 heavy (non-hydrogen) atoms. The van der Waals surface area contributed by atoms with Crippen molar-refractivity contribution in [3.05, 3.63) is 21.9 Å². The first kappa shape index (κ1) is 13.7. The maximum absolute atomic E-state index is 3.53.